The van der Waals surface area contributed by atoms with Gasteiger partial charge >= 0.3 is 0 Å². The van der Waals surface area contributed by atoms with E-state index in [4.69, 9.17) is 5.73 Å². The first kappa shape index (κ1) is 20.2. The number of hydrogen-bond acceptors (Lipinski definition) is 3. The molecule has 0 aliphatic carbocycles. The van der Waals surface area contributed by atoms with Crippen LogP contribution in [-0.2, 0) is 17.9 Å². The van der Waals surface area contributed by atoms with Gasteiger partial charge in [0.15, 0.2) is 5.96 Å². The Bertz CT molecular complexity index is 602. The topological polar surface area (TPSA) is 82.8 Å². The summed E-state index contributed by atoms with van der Waals surface area (Å²) in [5.74, 6) is 0.678. The van der Waals surface area contributed by atoms with E-state index in [1.54, 1.807) is 0 Å². The lowest BCUT2D eigenvalue weighted by Gasteiger charge is -2.31. The quantitative estimate of drug-likeness (QED) is 0.489. The first-order valence-electron chi connectivity index (χ1n) is 9.74. The summed E-state index contributed by atoms with van der Waals surface area (Å²) < 4.78 is 0. The highest BCUT2D eigenvalue weighted by molar-refractivity contribution is 5.79. The van der Waals surface area contributed by atoms with E-state index in [0.717, 1.165) is 57.9 Å². The maximum atomic E-state index is 11.5. The van der Waals surface area contributed by atoms with Crippen molar-refractivity contribution in [1.82, 2.24) is 15.5 Å². The molecule has 1 aliphatic rings. The van der Waals surface area contributed by atoms with Gasteiger partial charge < -0.3 is 16.4 Å². The Kier molecular flexibility index (Phi) is 8.41. The maximum absolute atomic E-state index is 11.5. The highest BCUT2D eigenvalue weighted by Crippen LogP contribution is 2.19. The minimum atomic E-state index is -0.173. The van der Waals surface area contributed by atoms with Crippen molar-refractivity contribution in [2.24, 2.45) is 16.6 Å². The number of hydrogen-bond donors (Lipinski definition) is 3. The van der Waals surface area contributed by atoms with Crippen LogP contribution in [0.3, 0.4) is 0 Å². The molecule has 2 rings (SSSR count). The normalized spacial score (nSPS) is 18.5. The molecule has 1 amide bonds. The van der Waals surface area contributed by atoms with E-state index in [9.17, 15) is 4.79 Å². The predicted octanol–water partition coefficient (Wildman–Crippen LogP) is 1.85. The maximum Gasteiger partial charge on any atom is 0.221 e. The highest BCUT2D eigenvalue weighted by Gasteiger charge is 2.23. The molecule has 144 valence electrons. The first-order chi connectivity index (χ1) is 12.6. The fourth-order valence-electron chi connectivity index (χ4n) is 3.27. The third kappa shape index (κ3) is 6.67. The average molecular weight is 360 g/mol. The van der Waals surface area contributed by atoms with E-state index in [1.165, 1.54) is 11.1 Å². The fraction of sp³-hybridized carbons (Fsp3) is 0.600. The Morgan fingerprint density at radius 3 is 2.85 bits per heavy atom. The third-order valence-corrected chi connectivity index (χ3v) is 4.61. The van der Waals surface area contributed by atoms with Gasteiger partial charge in [0, 0.05) is 26.2 Å². The van der Waals surface area contributed by atoms with Crippen LogP contribution >= 0.6 is 0 Å². The van der Waals surface area contributed by atoms with Crippen LogP contribution in [0.15, 0.2) is 29.3 Å². The Balaban J connectivity index is 1.95. The molecule has 26 heavy (non-hydrogen) atoms. The van der Waals surface area contributed by atoms with Crippen LogP contribution in [0.5, 0.6) is 0 Å². The fourth-order valence-corrected chi connectivity index (χ4v) is 3.27. The molecule has 0 spiro atoms. The van der Waals surface area contributed by atoms with Crippen molar-refractivity contribution in [2.45, 2.75) is 46.2 Å². The molecule has 0 aromatic heterocycles. The van der Waals surface area contributed by atoms with E-state index in [0.29, 0.717) is 6.54 Å². The van der Waals surface area contributed by atoms with Crippen LogP contribution in [-0.4, -0.2) is 42.9 Å². The average Bonchev–Trinajstić information content (AvgIpc) is 2.64. The Morgan fingerprint density at radius 2 is 2.12 bits per heavy atom. The SMILES string of the molecule is CCCNC(=NCc1cccc(CN2CCCC(C(N)=O)C2)c1)NCC. The number of primary amides is 1. The van der Waals surface area contributed by atoms with E-state index < -0.39 is 0 Å². The van der Waals surface area contributed by atoms with Crippen LogP contribution in [0.1, 0.15) is 44.2 Å². The molecule has 0 bridgehead atoms. The number of amides is 1. The lowest BCUT2D eigenvalue weighted by Crippen LogP contribution is -2.40. The number of carbonyl (C=O) groups is 1. The second-order valence-corrected chi connectivity index (χ2v) is 6.92. The molecule has 1 unspecified atom stereocenters. The number of rotatable bonds is 8. The van der Waals surface area contributed by atoms with Crippen molar-refractivity contribution in [2.75, 3.05) is 26.2 Å². The Labute approximate surface area is 157 Å². The number of benzene rings is 1. The Morgan fingerprint density at radius 1 is 1.31 bits per heavy atom. The van der Waals surface area contributed by atoms with Crippen molar-refractivity contribution < 1.29 is 4.79 Å². The summed E-state index contributed by atoms with van der Waals surface area (Å²) in [7, 11) is 0. The second kappa shape index (κ2) is 10.8. The highest BCUT2D eigenvalue weighted by atomic mass is 16.1. The molecule has 1 atom stereocenters. The molecule has 0 saturated carbocycles. The number of guanidine groups is 1. The van der Waals surface area contributed by atoms with Gasteiger partial charge in [0.2, 0.25) is 5.91 Å². The third-order valence-electron chi connectivity index (χ3n) is 4.61. The van der Waals surface area contributed by atoms with E-state index in [1.807, 2.05) is 0 Å². The van der Waals surface area contributed by atoms with Gasteiger partial charge in [0.1, 0.15) is 0 Å². The zero-order valence-corrected chi connectivity index (χ0v) is 16.1. The molecule has 4 N–H and O–H groups in total. The molecule has 1 saturated heterocycles. The lowest BCUT2D eigenvalue weighted by molar-refractivity contribution is -0.123. The summed E-state index contributed by atoms with van der Waals surface area (Å²) in [5, 5.41) is 6.59. The van der Waals surface area contributed by atoms with Gasteiger partial charge in [-0.2, -0.15) is 0 Å². The molecular formula is C20H33N5O. The van der Waals surface area contributed by atoms with Gasteiger partial charge in [-0.3, -0.25) is 9.69 Å². The molecule has 6 nitrogen and oxygen atoms in total. The smallest absolute Gasteiger partial charge is 0.221 e. The minimum absolute atomic E-state index is 0.0103. The molecule has 1 aliphatic heterocycles. The molecule has 0 radical (unpaired) electrons. The van der Waals surface area contributed by atoms with Gasteiger partial charge in [-0.15, -0.1) is 0 Å². The van der Waals surface area contributed by atoms with Crippen molar-refractivity contribution in [3.8, 4) is 0 Å². The van der Waals surface area contributed by atoms with Crippen LogP contribution in [0.4, 0.5) is 0 Å². The Hall–Kier alpha value is -2.08. The summed E-state index contributed by atoms with van der Waals surface area (Å²) in [4.78, 5) is 18.4. The minimum Gasteiger partial charge on any atom is -0.369 e. The van der Waals surface area contributed by atoms with Crippen molar-refractivity contribution in [3.63, 3.8) is 0 Å². The molecule has 1 aromatic carbocycles. The standard InChI is InChI=1S/C20H33N5O/c1-3-10-23-20(22-4-2)24-13-16-7-5-8-17(12-16)14-25-11-6-9-18(15-25)19(21)26/h5,7-8,12,18H,3-4,6,9-11,13-15H2,1-2H3,(H2,21,26)(H2,22,23,24). The number of aliphatic imine (C=N–C) groups is 1. The van der Waals surface area contributed by atoms with Crippen LogP contribution in [0, 0.1) is 5.92 Å². The van der Waals surface area contributed by atoms with Gasteiger partial charge in [0.25, 0.3) is 0 Å². The molecule has 1 fully saturated rings. The number of carbonyl (C=O) groups excluding carboxylic acids is 1. The number of piperidine rings is 1. The first-order valence-corrected chi connectivity index (χ1v) is 9.74. The molecule has 6 heteroatoms. The molecular weight excluding hydrogens is 326 g/mol. The predicted molar refractivity (Wildman–Crippen MR) is 107 cm³/mol. The van der Waals surface area contributed by atoms with Gasteiger partial charge in [0.05, 0.1) is 12.5 Å². The zero-order valence-electron chi connectivity index (χ0n) is 16.1. The summed E-state index contributed by atoms with van der Waals surface area (Å²) in [5.41, 5.74) is 7.93. The van der Waals surface area contributed by atoms with Crippen molar-refractivity contribution >= 4 is 11.9 Å². The van der Waals surface area contributed by atoms with Gasteiger partial charge in [-0.25, -0.2) is 4.99 Å². The number of nitrogens with zero attached hydrogens (tertiary/aromatic N) is 2. The van der Waals surface area contributed by atoms with E-state index >= 15 is 0 Å². The summed E-state index contributed by atoms with van der Waals surface area (Å²) in [6.45, 7) is 9.28. The van der Waals surface area contributed by atoms with E-state index in [-0.39, 0.29) is 11.8 Å². The number of likely N-dealkylation sites (tertiary alicyclic amines) is 1. The second-order valence-electron chi connectivity index (χ2n) is 6.92. The summed E-state index contributed by atoms with van der Waals surface area (Å²) in [6.07, 6.45) is 3.02. The number of nitrogens with one attached hydrogen (secondary N) is 2. The molecule has 1 heterocycles. The van der Waals surface area contributed by atoms with Crippen LogP contribution in [0.25, 0.3) is 0 Å². The molecule has 1 aromatic rings. The van der Waals surface area contributed by atoms with Crippen molar-refractivity contribution in [3.05, 3.63) is 35.4 Å². The monoisotopic (exact) mass is 359 g/mol. The summed E-state index contributed by atoms with van der Waals surface area (Å²) >= 11 is 0. The van der Waals surface area contributed by atoms with Crippen LogP contribution < -0.4 is 16.4 Å². The van der Waals surface area contributed by atoms with Crippen molar-refractivity contribution in [1.29, 1.82) is 0 Å². The van der Waals surface area contributed by atoms with E-state index in [2.05, 4.69) is 58.6 Å². The van der Waals surface area contributed by atoms with Crippen LogP contribution in [0.2, 0.25) is 0 Å². The van der Waals surface area contributed by atoms with Gasteiger partial charge in [-0.05, 0) is 43.9 Å². The van der Waals surface area contributed by atoms with Gasteiger partial charge in [-0.1, -0.05) is 31.2 Å². The summed E-state index contributed by atoms with van der Waals surface area (Å²) in [6, 6.07) is 8.54. The number of nitrogens with two attached hydrogens (primary N) is 1. The zero-order chi connectivity index (χ0) is 18.8. The lowest BCUT2D eigenvalue weighted by atomic mass is 9.97. The largest absolute Gasteiger partial charge is 0.369 e.